The Labute approximate surface area is 119 Å². The zero-order valence-electron chi connectivity index (χ0n) is 11.3. The van der Waals surface area contributed by atoms with Crippen LogP contribution in [0.3, 0.4) is 0 Å². The van der Waals surface area contributed by atoms with E-state index in [1.54, 1.807) is 0 Å². The fraction of sp³-hybridized carbons (Fsp3) is 0.538. The number of hydrogen-bond donors (Lipinski definition) is 1. The molecule has 0 aliphatic carbocycles. The highest BCUT2D eigenvalue weighted by Gasteiger charge is 2.28. The van der Waals surface area contributed by atoms with Crippen LogP contribution in [0.5, 0.6) is 0 Å². The fourth-order valence-electron chi connectivity index (χ4n) is 2.26. The third-order valence-corrected chi connectivity index (χ3v) is 5.37. The first-order valence-electron chi connectivity index (χ1n) is 6.72. The molecule has 0 aromatic heterocycles. The molecular weight excluding hydrogens is 281 g/mol. The van der Waals surface area contributed by atoms with Crippen LogP contribution in [0.25, 0.3) is 0 Å². The van der Waals surface area contributed by atoms with Gasteiger partial charge in [-0.25, -0.2) is 12.8 Å². The maximum atomic E-state index is 12.9. The van der Waals surface area contributed by atoms with Crippen LogP contribution in [-0.2, 0) is 10.0 Å². The van der Waals surface area contributed by atoms with E-state index in [9.17, 15) is 12.8 Å². The second kappa shape index (κ2) is 6.62. The molecular formula is C13H20FN3O2S. The summed E-state index contributed by atoms with van der Waals surface area (Å²) in [4.78, 5) is 2.36. The van der Waals surface area contributed by atoms with Gasteiger partial charge in [-0.15, -0.1) is 0 Å². The van der Waals surface area contributed by atoms with Crippen LogP contribution in [0.4, 0.5) is 4.39 Å². The van der Waals surface area contributed by atoms with Crippen molar-refractivity contribution in [3.05, 3.63) is 30.1 Å². The van der Waals surface area contributed by atoms with E-state index >= 15 is 0 Å². The van der Waals surface area contributed by atoms with Gasteiger partial charge >= 0.3 is 0 Å². The lowest BCUT2D eigenvalue weighted by atomic mass is 10.3. The number of nitrogens with zero attached hydrogens (tertiary/aromatic N) is 2. The smallest absolute Gasteiger partial charge is 0.243 e. The van der Waals surface area contributed by atoms with Crippen LogP contribution in [0, 0.1) is 5.82 Å². The number of sulfonamides is 1. The number of halogens is 1. The number of benzene rings is 1. The summed E-state index contributed by atoms with van der Waals surface area (Å²) in [7, 11) is -3.51. The summed E-state index contributed by atoms with van der Waals surface area (Å²) >= 11 is 0. The summed E-state index contributed by atoms with van der Waals surface area (Å²) in [5.74, 6) is -0.435. The van der Waals surface area contributed by atoms with E-state index in [-0.39, 0.29) is 4.90 Å². The zero-order valence-corrected chi connectivity index (χ0v) is 12.2. The van der Waals surface area contributed by atoms with Gasteiger partial charge in [0.25, 0.3) is 0 Å². The lowest BCUT2D eigenvalue weighted by Crippen LogP contribution is -2.48. The van der Waals surface area contributed by atoms with Crippen molar-refractivity contribution >= 4 is 10.0 Å². The van der Waals surface area contributed by atoms with Gasteiger partial charge < -0.3 is 10.6 Å². The molecule has 5 nitrogen and oxygen atoms in total. The standard InChI is InChI=1S/C13H20FN3O2S/c14-12-2-4-13(5-3-12)20(18,19)17-10-8-16(9-11-17)7-1-6-15/h2-5H,1,6-11,15H2. The molecule has 1 aromatic carbocycles. The summed E-state index contributed by atoms with van der Waals surface area (Å²) in [6, 6.07) is 4.96. The predicted octanol–water partition coefficient (Wildman–Crippen LogP) is 0.481. The molecule has 0 bridgehead atoms. The van der Waals surface area contributed by atoms with Gasteiger partial charge in [-0.1, -0.05) is 0 Å². The van der Waals surface area contributed by atoms with E-state index in [1.165, 1.54) is 28.6 Å². The molecule has 0 radical (unpaired) electrons. The average molecular weight is 301 g/mol. The minimum Gasteiger partial charge on any atom is -0.330 e. The largest absolute Gasteiger partial charge is 0.330 e. The molecule has 0 amide bonds. The quantitative estimate of drug-likeness (QED) is 0.859. The highest BCUT2D eigenvalue weighted by atomic mass is 32.2. The van der Waals surface area contributed by atoms with Crippen LogP contribution in [0.1, 0.15) is 6.42 Å². The summed E-state index contributed by atoms with van der Waals surface area (Å²) in [6.07, 6.45) is 0.921. The molecule has 7 heteroatoms. The Kier molecular flexibility index (Phi) is 5.09. The lowest BCUT2D eigenvalue weighted by molar-refractivity contribution is 0.187. The molecule has 0 spiro atoms. The maximum absolute atomic E-state index is 12.9. The third kappa shape index (κ3) is 3.54. The van der Waals surface area contributed by atoms with Crippen LogP contribution in [-0.4, -0.2) is 56.9 Å². The molecule has 112 valence electrons. The van der Waals surface area contributed by atoms with E-state index < -0.39 is 15.8 Å². The SMILES string of the molecule is NCCCN1CCN(S(=O)(=O)c2ccc(F)cc2)CC1. The van der Waals surface area contributed by atoms with Crippen LogP contribution >= 0.6 is 0 Å². The van der Waals surface area contributed by atoms with Gasteiger partial charge in [0, 0.05) is 26.2 Å². The number of hydrogen-bond acceptors (Lipinski definition) is 4. The summed E-state index contributed by atoms with van der Waals surface area (Å²) in [5.41, 5.74) is 5.47. The Hall–Kier alpha value is -1.02. The fourth-order valence-corrected chi connectivity index (χ4v) is 3.69. The predicted molar refractivity (Wildman–Crippen MR) is 75.3 cm³/mol. The van der Waals surface area contributed by atoms with Crippen molar-refractivity contribution in [3.63, 3.8) is 0 Å². The van der Waals surface area contributed by atoms with Crippen LogP contribution in [0.15, 0.2) is 29.2 Å². The van der Waals surface area contributed by atoms with Gasteiger partial charge in [0.05, 0.1) is 4.90 Å². The van der Waals surface area contributed by atoms with Crippen molar-refractivity contribution in [1.29, 1.82) is 0 Å². The van der Waals surface area contributed by atoms with Crippen molar-refractivity contribution in [3.8, 4) is 0 Å². The molecule has 1 aromatic rings. The van der Waals surface area contributed by atoms with E-state index in [1.807, 2.05) is 0 Å². The zero-order chi connectivity index (χ0) is 14.6. The van der Waals surface area contributed by atoms with Crippen molar-refractivity contribution in [2.45, 2.75) is 11.3 Å². The number of piperazine rings is 1. The molecule has 0 saturated carbocycles. The van der Waals surface area contributed by atoms with Crippen molar-refractivity contribution in [2.24, 2.45) is 5.73 Å². The van der Waals surface area contributed by atoms with Gasteiger partial charge in [-0.2, -0.15) is 4.31 Å². The maximum Gasteiger partial charge on any atom is 0.243 e. The molecule has 1 saturated heterocycles. The molecule has 1 heterocycles. The second-order valence-corrected chi connectivity index (χ2v) is 6.78. The average Bonchev–Trinajstić information content (AvgIpc) is 2.46. The van der Waals surface area contributed by atoms with Gasteiger partial charge in [0.2, 0.25) is 10.0 Å². The van der Waals surface area contributed by atoms with Crippen LogP contribution < -0.4 is 5.73 Å². The number of rotatable bonds is 5. The molecule has 1 fully saturated rings. The number of nitrogens with two attached hydrogens (primary N) is 1. The molecule has 0 atom stereocenters. The van der Waals surface area contributed by atoms with Crippen LogP contribution in [0.2, 0.25) is 0 Å². The third-order valence-electron chi connectivity index (χ3n) is 3.46. The Balaban J connectivity index is 2.00. The Morgan fingerprint density at radius 2 is 1.70 bits per heavy atom. The van der Waals surface area contributed by atoms with E-state index in [0.717, 1.165) is 13.0 Å². The van der Waals surface area contributed by atoms with Gasteiger partial charge in [0.15, 0.2) is 0 Å². The molecule has 20 heavy (non-hydrogen) atoms. The Morgan fingerprint density at radius 3 is 2.25 bits per heavy atom. The first kappa shape index (κ1) is 15.4. The molecule has 2 rings (SSSR count). The summed E-state index contributed by atoms with van der Waals surface area (Å²) < 4.78 is 39.1. The summed E-state index contributed by atoms with van der Waals surface area (Å²) in [6.45, 7) is 3.89. The molecule has 0 unspecified atom stereocenters. The molecule has 1 aliphatic rings. The van der Waals surface area contributed by atoms with E-state index in [2.05, 4.69) is 4.90 Å². The Morgan fingerprint density at radius 1 is 1.10 bits per heavy atom. The minimum atomic E-state index is -3.51. The highest BCUT2D eigenvalue weighted by molar-refractivity contribution is 7.89. The second-order valence-electron chi connectivity index (χ2n) is 4.84. The monoisotopic (exact) mass is 301 g/mol. The van der Waals surface area contributed by atoms with E-state index in [4.69, 9.17) is 5.73 Å². The van der Waals surface area contributed by atoms with Crippen molar-refractivity contribution in [2.75, 3.05) is 39.3 Å². The van der Waals surface area contributed by atoms with Gasteiger partial charge in [-0.3, -0.25) is 0 Å². The van der Waals surface area contributed by atoms with Crippen molar-refractivity contribution in [1.82, 2.24) is 9.21 Å². The van der Waals surface area contributed by atoms with Gasteiger partial charge in [-0.05, 0) is 43.8 Å². The highest BCUT2D eigenvalue weighted by Crippen LogP contribution is 2.18. The normalized spacial score (nSPS) is 18.3. The minimum absolute atomic E-state index is 0.148. The molecule has 1 aliphatic heterocycles. The first-order chi connectivity index (χ1) is 9.54. The van der Waals surface area contributed by atoms with E-state index in [0.29, 0.717) is 32.7 Å². The lowest BCUT2D eigenvalue weighted by Gasteiger charge is -2.33. The van der Waals surface area contributed by atoms with Crippen molar-refractivity contribution < 1.29 is 12.8 Å². The first-order valence-corrected chi connectivity index (χ1v) is 8.16. The topological polar surface area (TPSA) is 66.6 Å². The summed E-state index contributed by atoms with van der Waals surface area (Å²) in [5, 5.41) is 0. The molecule has 2 N–H and O–H groups in total. The Bertz CT molecular complexity index is 525. The van der Waals surface area contributed by atoms with Gasteiger partial charge in [0.1, 0.15) is 5.82 Å².